The molecule has 0 aliphatic rings. The van der Waals surface area contributed by atoms with Gasteiger partial charge in [0.2, 0.25) is 0 Å². The normalized spacial score (nSPS) is 10.0. The molecule has 0 aliphatic carbocycles. The third kappa shape index (κ3) is 3.32. The van der Waals surface area contributed by atoms with Crippen molar-refractivity contribution in [3.63, 3.8) is 0 Å². The number of amides is 1. The topological polar surface area (TPSA) is 57.6 Å². The summed E-state index contributed by atoms with van der Waals surface area (Å²) in [6.45, 7) is 1.88. The molecule has 1 rings (SSSR count). The van der Waals surface area contributed by atoms with Crippen molar-refractivity contribution in [1.29, 1.82) is 0 Å². The molecule has 1 amide bonds. The molecule has 0 radical (unpaired) electrons. The molecular formula is C9H10BrNO3S. The van der Waals surface area contributed by atoms with E-state index in [1.54, 1.807) is 18.4 Å². The zero-order chi connectivity index (χ0) is 11.4. The van der Waals surface area contributed by atoms with Crippen molar-refractivity contribution >= 4 is 39.1 Å². The number of hydrogen-bond acceptors (Lipinski definition) is 3. The molecule has 0 bridgehead atoms. The van der Waals surface area contributed by atoms with Crippen LogP contribution in [0.2, 0.25) is 0 Å². The Bertz CT molecular complexity index is 377. The fourth-order valence-corrected chi connectivity index (χ4v) is 2.23. The lowest BCUT2D eigenvalue weighted by Crippen LogP contribution is -2.35. The van der Waals surface area contributed by atoms with Gasteiger partial charge in [-0.05, 0) is 28.9 Å². The summed E-state index contributed by atoms with van der Waals surface area (Å²) in [6, 6.07) is 1.69. The quantitative estimate of drug-likeness (QED) is 0.924. The van der Waals surface area contributed by atoms with Gasteiger partial charge >= 0.3 is 5.97 Å². The Balaban J connectivity index is 2.77. The minimum atomic E-state index is -1.00. The summed E-state index contributed by atoms with van der Waals surface area (Å²) in [5.41, 5.74) is 0.523. The molecule has 1 N–H and O–H groups in total. The van der Waals surface area contributed by atoms with Gasteiger partial charge in [-0.2, -0.15) is 0 Å². The molecule has 1 heterocycles. The number of rotatable bonds is 4. The van der Waals surface area contributed by atoms with Gasteiger partial charge in [-0.25, -0.2) is 0 Å². The maximum atomic E-state index is 11.8. The number of carboxylic acids is 1. The SMILES string of the molecule is CCN(CC(=O)O)C(=O)c1csc(Br)c1. The van der Waals surface area contributed by atoms with Crippen LogP contribution >= 0.6 is 27.3 Å². The molecular weight excluding hydrogens is 282 g/mol. The number of carbonyl (C=O) groups is 2. The van der Waals surface area contributed by atoms with Gasteiger partial charge in [-0.3, -0.25) is 9.59 Å². The van der Waals surface area contributed by atoms with Gasteiger partial charge in [0.15, 0.2) is 0 Å². The van der Waals surface area contributed by atoms with Crippen LogP contribution in [0.1, 0.15) is 17.3 Å². The first-order valence-electron chi connectivity index (χ1n) is 4.29. The van der Waals surface area contributed by atoms with Crippen LogP contribution in [0.15, 0.2) is 15.2 Å². The van der Waals surface area contributed by atoms with Crippen molar-refractivity contribution < 1.29 is 14.7 Å². The molecule has 0 saturated heterocycles. The maximum Gasteiger partial charge on any atom is 0.323 e. The predicted octanol–water partition coefficient (Wildman–Crippen LogP) is 2.06. The minimum absolute atomic E-state index is 0.248. The molecule has 1 aromatic heterocycles. The van der Waals surface area contributed by atoms with Crippen LogP contribution in [0.3, 0.4) is 0 Å². The van der Waals surface area contributed by atoms with E-state index in [0.29, 0.717) is 12.1 Å². The number of hydrogen-bond donors (Lipinski definition) is 1. The van der Waals surface area contributed by atoms with Crippen molar-refractivity contribution in [2.75, 3.05) is 13.1 Å². The number of aliphatic carboxylic acids is 1. The first-order valence-corrected chi connectivity index (χ1v) is 5.97. The van der Waals surface area contributed by atoms with E-state index in [2.05, 4.69) is 15.9 Å². The number of carboxylic acid groups (broad SMARTS) is 1. The molecule has 0 atom stereocenters. The van der Waals surface area contributed by atoms with E-state index in [9.17, 15) is 9.59 Å². The van der Waals surface area contributed by atoms with Crippen molar-refractivity contribution in [2.24, 2.45) is 0 Å². The Kier molecular flexibility index (Phi) is 4.28. The fourth-order valence-electron chi connectivity index (χ4n) is 1.10. The average molecular weight is 292 g/mol. The maximum absolute atomic E-state index is 11.8. The Labute approximate surface area is 99.6 Å². The fraction of sp³-hybridized carbons (Fsp3) is 0.333. The zero-order valence-electron chi connectivity index (χ0n) is 8.07. The molecule has 1 aromatic rings. The first kappa shape index (κ1) is 12.2. The van der Waals surface area contributed by atoms with Crippen molar-refractivity contribution in [1.82, 2.24) is 4.90 Å². The molecule has 0 aromatic carbocycles. The van der Waals surface area contributed by atoms with Crippen LogP contribution in [-0.2, 0) is 4.79 Å². The van der Waals surface area contributed by atoms with Crippen LogP contribution in [0.5, 0.6) is 0 Å². The van der Waals surface area contributed by atoms with E-state index < -0.39 is 5.97 Å². The largest absolute Gasteiger partial charge is 0.480 e. The summed E-state index contributed by atoms with van der Waals surface area (Å²) >= 11 is 4.66. The number of thiophene rings is 1. The summed E-state index contributed by atoms with van der Waals surface area (Å²) in [5, 5.41) is 10.3. The van der Waals surface area contributed by atoms with Gasteiger partial charge in [0.1, 0.15) is 6.54 Å². The molecule has 82 valence electrons. The average Bonchev–Trinajstić information content (AvgIpc) is 2.60. The monoisotopic (exact) mass is 291 g/mol. The van der Waals surface area contributed by atoms with Crippen LogP contribution < -0.4 is 0 Å². The molecule has 0 fully saturated rings. The molecule has 6 heteroatoms. The van der Waals surface area contributed by atoms with Crippen molar-refractivity contribution in [3.8, 4) is 0 Å². The molecule has 0 unspecified atom stereocenters. The second-order valence-electron chi connectivity index (χ2n) is 2.85. The highest BCUT2D eigenvalue weighted by atomic mass is 79.9. The van der Waals surface area contributed by atoms with Gasteiger partial charge < -0.3 is 10.0 Å². The summed E-state index contributed by atoms with van der Waals surface area (Å²) in [6.07, 6.45) is 0. The highest BCUT2D eigenvalue weighted by Crippen LogP contribution is 2.21. The second kappa shape index (κ2) is 5.27. The predicted molar refractivity (Wildman–Crippen MR) is 61.2 cm³/mol. The van der Waals surface area contributed by atoms with Crippen LogP contribution in [0.25, 0.3) is 0 Å². The third-order valence-corrected chi connectivity index (χ3v) is 3.31. The standard InChI is InChI=1S/C9H10BrNO3S/c1-2-11(4-8(12)13)9(14)6-3-7(10)15-5-6/h3,5H,2,4H2,1H3,(H,12,13). The third-order valence-electron chi connectivity index (χ3n) is 1.81. The first-order chi connectivity index (χ1) is 7.04. The highest BCUT2D eigenvalue weighted by molar-refractivity contribution is 9.11. The van der Waals surface area contributed by atoms with Gasteiger partial charge in [0.25, 0.3) is 5.91 Å². The lowest BCUT2D eigenvalue weighted by molar-refractivity contribution is -0.137. The van der Waals surface area contributed by atoms with Crippen molar-refractivity contribution in [2.45, 2.75) is 6.92 Å². The van der Waals surface area contributed by atoms with Gasteiger partial charge in [-0.1, -0.05) is 0 Å². The van der Waals surface area contributed by atoms with Gasteiger partial charge in [0, 0.05) is 11.9 Å². The smallest absolute Gasteiger partial charge is 0.323 e. The zero-order valence-corrected chi connectivity index (χ0v) is 10.5. The van der Waals surface area contributed by atoms with E-state index in [0.717, 1.165) is 3.79 Å². The molecule has 0 aliphatic heterocycles. The molecule has 15 heavy (non-hydrogen) atoms. The molecule has 4 nitrogen and oxygen atoms in total. The van der Waals surface area contributed by atoms with Crippen LogP contribution in [0, 0.1) is 0 Å². The molecule has 0 saturated carbocycles. The van der Waals surface area contributed by atoms with Crippen molar-refractivity contribution in [3.05, 3.63) is 20.8 Å². The van der Waals surface area contributed by atoms with Gasteiger partial charge in [-0.15, -0.1) is 11.3 Å². The lowest BCUT2D eigenvalue weighted by atomic mass is 10.3. The summed E-state index contributed by atoms with van der Waals surface area (Å²) in [7, 11) is 0. The van der Waals surface area contributed by atoms with Crippen LogP contribution in [0.4, 0.5) is 0 Å². The number of carbonyl (C=O) groups excluding carboxylic acids is 1. The summed E-state index contributed by atoms with van der Waals surface area (Å²) in [4.78, 5) is 23.6. The minimum Gasteiger partial charge on any atom is -0.480 e. The van der Waals surface area contributed by atoms with E-state index in [1.165, 1.54) is 16.2 Å². The molecule has 0 spiro atoms. The summed E-state index contributed by atoms with van der Waals surface area (Å²) in [5.74, 6) is -1.25. The lowest BCUT2D eigenvalue weighted by Gasteiger charge is -2.17. The second-order valence-corrected chi connectivity index (χ2v) is 5.14. The van der Waals surface area contributed by atoms with E-state index in [-0.39, 0.29) is 12.5 Å². The Morgan fingerprint density at radius 1 is 1.60 bits per heavy atom. The number of likely N-dealkylation sites (N-methyl/N-ethyl adjacent to an activating group) is 1. The Hall–Kier alpha value is -0.880. The van der Waals surface area contributed by atoms with E-state index in [4.69, 9.17) is 5.11 Å². The van der Waals surface area contributed by atoms with E-state index >= 15 is 0 Å². The summed E-state index contributed by atoms with van der Waals surface area (Å²) < 4.78 is 0.859. The Morgan fingerprint density at radius 3 is 2.67 bits per heavy atom. The Morgan fingerprint density at radius 2 is 2.27 bits per heavy atom. The van der Waals surface area contributed by atoms with Gasteiger partial charge in [0.05, 0.1) is 9.35 Å². The highest BCUT2D eigenvalue weighted by Gasteiger charge is 2.17. The van der Waals surface area contributed by atoms with E-state index in [1.807, 2.05) is 0 Å². The number of halogens is 1. The van der Waals surface area contributed by atoms with Crippen LogP contribution in [-0.4, -0.2) is 35.0 Å². The number of nitrogens with zero attached hydrogens (tertiary/aromatic N) is 1.